The number of rotatable bonds is 3. The summed E-state index contributed by atoms with van der Waals surface area (Å²) < 4.78 is 12.0. The van der Waals surface area contributed by atoms with Crippen LogP contribution in [0.25, 0.3) is 6.08 Å². The topological polar surface area (TPSA) is 38.8 Å². The molecule has 0 aliphatic carbocycles. The molecular weight excluding hydrogens is 342 g/mol. The molecule has 0 unspecified atom stereocenters. The predicted octanol–water partition coefficient (Wildman–Crippen LogP) is 3.39. The van der Waals surface area contributed by atoms with E-state index in [0.29, 0.717) is 15.8 Å². The van der Waals surface area contributed by atoms with Crippen LogP contribution in [-0.2, 0) is 16.0 Å². The molecule has 1 aromatic rings. The lowest BCUT2D eigenvalue weighted by atomic mass is 10.1. The Kier molecular flexibility index (Phi) is 4.37. The van der Waals surface area contributed by atoms with Crippen LogP contribution in [0.4, 0.5) is 0 Å². The number of hydrogen-bond acceptors (Lipinski definition) is 5. The summed E-state index contributed by atoms with van der Waals surface area (Å²) in [6, 6.07) is 6.08. The van der Waals surface area contributed by atoms with Crippen LogP contribution in [0.2, 0.25) is 0 Å². The van der Waals surface area contributed by atoms with E-state index in [1.807, 2.05) is 18.2 Å². The highest BCUT2D eigenvalue weighted by Crippen LogP contribution is 2.35. The first kappa shape index (κ1) is 16.1. The summed E-state index contributed by atoms with van der Waals surface area (Å²) in [4.78, 5) is 15.0. The number of thiocarbonyl (C=S) groups is 1. The van der Waals surface area contributed by atoms with Crippen molar-refractivity contribution in [1.82, 2.24) is 4.90 Å². The molecule has 3 aliphatic heterocycles. The van der Waals surface area contributed by atoms with Crippen LogP contribution in [0.1, 0.15) is 30.9 Å². The number of fused-ring (bicyclic) bond motifs is 1. The molecule has 0 spiro atoms. The number of thioether (sulfide) groups is 1. The highest BCUT2D eigenvalue weighted by molar-refractivity contribution is 8.26. The first-order chi connectivity index (χ1) is 11.6. The Labute approximate surface area is 151 Å². The van der Waals surface area contributed by atoms with Gasteiger partial charge in [0.25, 0.3) is 5.91 Å². The van der Waals surface area contributed by atoms with E-state index in [1.165, 1.54) is 17.3 Å². The molecule has 2 atom stereocenters. The molecule has 1 amide bonds. The largest absolute Gasteiger partial charge is 0.490 e. The summed E-state index contributed by atoms with van der Waals surface area (Å²) in [5, 5.41) is 0. The number of ether oxygens (including phenoxy) is 2. The van der Waals surface area contributed by atoms with Gasteiger partial charge in [0.1, 0.15) is 16.2 Å². The van der Waals surface area contributed by atoms with Crippen molar-refractivity contribution in [2.24, 2.45) is 0 Å². The zero-order valence-electron chi connectivity index (χ0n) is 13.5. The van der Waals surface area contributed by atoms with Gasteiger partial charge in [0.2, 0.25) is 0 Å². The van der Waals surface area contributed by atoms with E-state index in [1.54, 1.807) is 4.90 Å². The fourth-order valence-electron chi connectivity index (χ4n) is 3.33. The smallest absolute Gasteiger partial charge is 0.266 e. The molecule has 0 radical (unpaired) electrons. The predicted molar refractivity (Wildman–Crippen MR) is 99.1 cm³/mol. The molecular formula is C18H19NO3S2. The highest BCUT2D eigenvalue weighted by atomic mass is 32.2. The van der Waals surface area contributed by atoms with Crippen LogP contribution in [0, 0.1) is 0 Å². The van der Waals surface area contributed by atoms with Crippen molar-refractivity contribution >= 4 is 40.3 Å². The Morgan fingerprint density at radius 2 is 2.33 bits per heavy atom. The van der Waals surface area contributed by atoms with Gasteiger partial charge in [-0.3, -0.25) is 9.69 Å². The zero-order chi connectivity index (χ0) is 16.7. The van der Waals surface area contributed by atoms with Crippen LogP contribution < -0.4 is 4.74 Å². The van der Waals surface area contributed by atoms with E-state index in [9.17, 15) is 4.79 Å². The molecule has 24 heavy (non-hydrogen) atoms. The molecule has 4 rings (SSSR count). The Morgan fingerprint density at radius 3 is 3.12 bits per heavy atom. The molecule has 3 aliphatic rings. The third-order valence-electron chi connectivity index (χ3n) is 4.50. The number of nitrogens with zero attached hydrogens (tertiary/aromatic N) is 1. The summed E-state index contributed by atoms with van der Waals surface area (Å²) in [5.41, 5.74) is 2.22. The van der Waals surface area contributed by atoms with Gasteiger partial charge >= 0.3 is 0 Å². The highest BCUT2D eigenvalue weighted by Gasteiger charge is 2.34. The van der Waals surface area contributed by atoms with Crippen molar-refractivity contribution in [3.05, 3.63) is 34.2 Å². The molecule has 1 aromatic carbocycles. The minimum atomic E-state index is -0.00869. The minimum absolute atomic E-state index is 0.00869. The van der Waals surface area contributed by atoms with Crippen molar-refractivity contribution < 1.29 is 14.3 Å². The van der Waals surface area contributed by atoms with Gasteiger partial charge in [-0.25, -0.2) is 0 Å². The summed E-state index contributed by atoms with van der Waals surface area (Å²) in [6.45, 7) is 3.42. The maximum atomic E-state index is 12.7. The second-order valence-corrected chi connectivity index (χ2v) is 8.10. The number of hydrogen-bond donors (Lipinski definition) is 0. The van der Waals surface area contributed by atoms with Gasteiger partial charge < -0.3 is 9.47 Å². The SMILES string of the molecule is C[C@@H]1Cc2cc(/C=C3/SC(=S)N(C[C@H]4CCCO4)C3=O)ccc2O1. The Hall–Kier alpha value is -1.37. The average Bonchev–Trinajstić information content (AvgIpc) is 3.23. The molecule has 0 saturated carbocycles. The Balaban J connectivity index is 1.52. The summed E-state index contributed by atoms with van der Waals surface area (Å²) >= 11 is 6.77. The Morgan fingerprint density at radius 1 is 1.46 bits per heavy atom. The molecule has 3 heterocycles. The van der Waals surface area contributed by atoms with Gasteiger partial charge in [-0.05, 0) is 49.1 Å². The summed E-state index contributed by atoms with van der Waals surface area (Å²) in [5.74, 6) is 0.941. The fourth-order valence-corrected chi connectivity index (χ4v) is 4.61. The summed E-state index contributed by atoms with van der Waals surface area (Å²) in [6.07, 6.45) is 5.24. The van der Waals surface area contributed by atoms with Gasteiger partial charge in [-0.1, -0.05) is 30.0 Å². The standard InChI is InChI=1S/C18H19NO3S2/c1-11-7-13-8-12(4-5-15(13)22-11)9-16-17(20)19(18(23)24-16)10-14-3-2-6-21-14/h4-5,8-9,11,14H,2-3,6-7,10H2,1H3/b16-9+/t11-,14-/m1/s1. The lowest BCUT2D eigenvalue weighted by Gasteiger charge is -2.18. The van der Waals surface area contributed by atoms with Gasteiger partial charge in [0, 0.05) is 13.0 Å². The maximum absolute atomic E-state index is 12.7. The third-order valence-corrected chi connectivity index (χ3v) is 5.88. The number of carbonyl (C=O) groups excluding carboxylic acids is 1. The van der Waals surface area contributed by atoms with Crippen LogP contribution >= 0.6 is 24.0 Å². The number of benzene rings is 1. The van der Waals surface area contributed by atoms with E-state index in [2.05, 4.69) is 13.0 Å². The van der Waals surface area contributed by atoms with E-state index < -0.39 is 0 Å². The Bertz CT molecular complexity index is 725. The molecule has 0 N–H and O–H groups in total. The second kappa shape index (κ2) is 6.50. The van der Waals surface area contributed by atoms with Crippen molar-refractivity contribution in [3.8, 4) is 5.75 Å². The summed E-state index contributed by atoms with van der Waals surface area (Å²) in [7, 11) is 0. The van der Waals surface area contributed by atoms with Crippen molar-refractivity contribution in [2.45, 2.75) is 38.4 Å². The van der Waals surface area contributed by atoms with E-state index in [0.717, 1.165) is 37.2 Å². The fraction of sp³-hybridized carbons (Fsp3) is 0.444. The van der Waals surface area contributed by atoms with Crippen molar-refractivity contribution in [2.75, 3.05) is 13.2 Å². The quantitative estimate of drug-likeness (QED) is 0.609. The van der Waals surface area contributed by atoms with Gasteiger partial charge in [0.05, 0.1) is 17.6 Å². The van der Waals surface area contributed by atoms with E-state index in [-0.39, 0.29) is 18.1 Å². The molecule has 4 nitrogen and oxygen atoms in total. The second-order valence-electron chi connectivity index (χ2n) is 6.43. The van der Waals surface area contributed by atoms with E-state index >= 15 is 0 Å². The lowest BCUT2D eigenvalue weighted by Crippen LogP contribution is -2.35. The van der Waals surface area contributed by atoms with Crippen molar-refractivity contribution in [3.63, 3.8) is 0 Å². The normalized spacial score (nSPS) is 27.9. The van der Waals surface area contributed by atoms with Gasteiger partial charge in [-0.2, -0.15) is 0 Å². The number of amides is 1. The maximum Gasteiger partial charge on any atom is 0.266 e. The molecule has 126 valence electrons. The van der Waals surface area contributed by atoms with Crippen LogP contribution in [0.15, 0.2) is 23.1 Å². The minimum Gasteiger partial charge on any atom is -0.490 e. The molecule has 0 bridgehead atoms. The third kappa shape index (κ3) is 3.10. The van der Waals surface area contributed by atoms with Crippen LogP contribution in [-0.4, -0.2) is 40.5 Å². The van der Waals surface area contributed by atoms with E-state index in [4.69, 9.17) is 21.7 Å². The zero-order valence-corrected chi connectivity index (χ0v) is 15.1. The first-order valence-corrected chi connectivity index (χ1v) is 9.49. The first-order valence-electron chi connectivity index (χ1n) is 8.27. The van der Waals surface area contributed by atoms with Gasteiger partial charge in [-0.15, -0.1) is 0 Å². The monoisotopic (exact) mass is 361 g/mol. The molecule has 2 fully saturated rings. The van der Waals surface area contributed by atoms with Crippen molar-refractivity contribution in [1.29, 1.82) is 0 Å². The molecule has 2 saturated heterocycles. The molecule has 0 aromatic heterocycles. The molecule has 6 heteroatoms. The van der Waals surface area contributed by atoms with Gasteiger partial charge in [0.15, 0.2) is 0 Å². The lowest BCUT2D eigenvalue weighted by molar-refractivity contribution is -0.123. The average molecular weight is 361 g/mol. The van der Waals surface area contributed by atoms with Crippen LogP contribution in [0.5, 0.6) is 5.75 Å². The number of carbonyl (C=O) groups is 1. The van der Waals surface area contributed by atoms with Crippen LogP contribution in [0.3, 0.4) is 0 Å².